The van der Waals surface area contributed by atoms with Gasteiger partial charge in [0.1, 0.15) is 22.7 Å². The third-order valence-electron chi connectivity index (χ3n) is 6.44. The summed E-state index contributed by atoms with van der Waals surface area (Å²) in [5.41, 5.74) is 0.219. The Morgan fingerprint density at radius 3 is 2.50 bits per heavy atom. The molecule has 12 nitrogen and oxygen atoms in total. The van der Waals surface area contributed by atoms with E-state index in [2.05, 4.69) is 15.1 Å². The topological polar surface area (TPSA) is 165 Å². The van der Waals surface area contributed by atoms with Gasteiger partial charge in [-0.05, 0) is 65.8 Å². The molecule has 0 aliphatic rings. The van der Waals surface area contributed by atoms with Gasteiger partial charge in [0.15, 0.2) is 0 Å². The van der Waals surface area contributed by atoms with Crippen molar-refractivity contribution in [2.24, 2.45) is 0 Å². The van der Waals surface area contributed by atoms with E-state index in [0.29, 0.717) is 30.5 Å². The summed E-state index contributed by atoms with van der Waals surface area (Å²) in [6.45, 7) is 0.404. The van der Waals surface area contributed by atoms with Crippen LogP contribution >= 0.6 is 0 Å². The Hall–Kier alpha value is -5.24. The highest BCUT2D eigenvalue weighted by molar-refractivity contribution is 7.91. The molecule has 0 saturated heterocycles. The van der Waals surface area contributed by atoms with Crippen LogP contribution in [0.2, 0.25) is 0 Å². The average Bonchev–Trinajstić information content (AvgIpc) is 3.40. The van der Waals surface area contributed by atoms with Crippen molar-refractivity contribution < 1.29 is 41.0 Å². The minimum Gasteiger partial charge on any atom is -0.493 e. The van der Waals surface area contributed by atoms with Gasteiger partial charge in [-0.25, -0.2) is 17.6 Å². The first-order valence-corrected chi connectivity index (χ1v) is 15.0. The SMILES string of the molecule is O=C(NCCCc1ccc(F)cc1)c1cc2ccc(OCCCOc3no[n+]([O-])c3S(=O)(=O)c3ccccc3)cc2oc1=O. The van der Waals surface area contributed by atoms with E-state index in [1.54, 1.807) is 30.3 Å². The lowest BCUT2D eigenvalue weighted by molar-refractivity contribution is -0.832. The third kappa shape index (κ3) is 7.03. The van der Waals surface area contributed by atoms with Crippen LogP contribution in [0, 0.1) is 11.0 Å². The van der Waals surface area contributed by atoms with Crippen molar-refractivity contribution in [3.63, 3.8) is 0 Å². The molecule has 3 aromatic carbocycles. The maximum atomic E-state index is 13.0. The molecule has 228 valence electrons. The van der Waals surface area contributed by atoms with Crippen LogP contribution in [0.1, 0.15) is 28.8 Å². The second-order valence-electron chi connectivity index (χ2n) is 9.54. The second-order valence-corrected chi connectivity index (χ2v) is 11.4. The number of nitrogens with zero attached hydrogens (tertiary/aromatic N) is 2. The van der Waals surface area contributed by atoms with Crippen LogP contribution in [-0.2, 0) is 16.3 Å². The zero-order chi connectivity index (χ0) is 31.1. The van der Waals surface area contributed by atoms with E-state index in [9.17, 15) is 27.6 Å². The average molecular weight is 624 g/mol. The number of carbonyl (C=O) groups excluding carboxylic acids is 1. The summed E-state index contributed by atoms with van der Waals surface area (Å²) in [6, 6.07) is 19.7. The van der Waals surface area contributed by atoms with E-state index in [1.807, 2.05) is 0 Å². The van der Waals surface area contributed by atoms with Gasteiger partial charge in [-0.3, -0.25) is 9.42 Å². The van der Waals surface area contributed by atoms with Crippen molar-refractivity contribution in [1.82, 2.24) is 10.5 Å². The number of aryl methyl sites for hydroxylation is 1. The smallest absolute Gasteiger partial charge is 0.414 e. The molecular weight excluding hydrogens is 597 g/mol. The van der Waals surface area contributed by atoms with Crippen LogP contribution in [0.15, 0.2) is 103 Å². The summed E-state index contributed by atoms with van der Waals surface area (Å²) in [5.74, 6) is -0.963. The van der Waals surface area contributed by atoms with Crippen LogP contribution in [0.3, 0.4) is 0 Å². The minimum absolute atomic E-state index is 0.0467. The number of aromatic nitrogens is 2. The molecule has 5 aromatic rings. The first kappa shape index (κ1) is 30.2. The predicted molar refractivity (Wildman–Crippen MR) is 153 cm³/mol. The molecule has 14 heteroatoms. The Balaban J connectivity index is 1.12. The summed E-state index contributed by atoms with van der Waals surface area (Å²) < 4.78 is 59.5. The fraction of sp³-hybridized carbons (Fsp3) is 0.200. The Morgan fingerprint density at radius 1 is 0.977 bits per heavy atom. The van der Waals surface area contributed by atoms with E-state index in [-0.39, 0.29) is 46.4 Å². The van der Waals surface area contributed by atoms with Crippen LogP contribution in [0.5, 0.6) is 11.6 Å². The number of benzene rings is 3. The monoisotopic (exact) mass is 623 g/mol. The van der Waals surface area contributed by atoms with Gasteiger partial charge >= 0.3 is 16.5 Å². The lowest BCUT2D eigenvalue weighted by Crippen LogP contribution is -2.31. The minimum atomic E-state index is -4.23. The molecule has 5 rings (SSSR count). The van der Waals surface area contributed by atoms with Gasteiger partial charge in [-0.2, -0.15) is 0 Å². The fourth-order valence-corrected chi connectivity index (χ4v) is 5.53. The fourth-order valence-electron chi connectivity index (χ4n) is 4.24. The summed E-state index contributed by atoms with van der Waals surface area (Å²) in [7, 11) is -4.23. The van der Waals surface area contributed by atoms with Gasteiger partial charge in [0.2, 0.25) is 0 Å². The molecular formula is C30H26FN3O9S. The van der Waals surface area contributed by atoms with E-state index in [4.69, 9.17) is 13.9 Å². The van der Waals surface area contributed by atoms with Crippen LogP contribution < -0.4 is 25.3 Å². The Bertz CT molecular complexity index is 1930. The van der Waals surface area contributed by atoms with E-state index in [1.165, 1.54) is 48.5 Å². The number of fused-ring (bicyclic) bond motifs is 1. The van der Waals surface area contributed by atoms with Gasteiger partial charge in [-0.1, -0.05) is 30.3 Å². The number of nitrogens with one attached hydrogen (secondary N) is 1. The van der Waals surface area contributed by atoms with Gasteiger partial charge in [0.05, 0.1) is 23.3 Å². The lowest BCUT2D eigenvalue weighted by Gasteiger charge is -2.08. The molecule has 0 atom stereocenters. The summed E-state index contributed by atoms with van der Waals surface area (Å²) in [6.07, 6.45) is 1.52. The Morgan fingerprint density at radius 2 is 1.73 bits per heavy atom. The first-order valence-electron chi connectivity index (χ1n) is 13.5. The highest BCUT2D eigenvalue weighted by Crippen LogP contribution is 2.25. The molecule has 0 saturated carbocycles. The van der Waals surface area contributed by atoms with E-state index in [0.717, 1.165) is 5.56 Å². The third-order valence-corrected chi connectivity index (χ3v) is 8.17. The van der Waals surface area contributed by atoms with Gasteiger partial charge in [-0.15, -0.1) is 0 Å². The predicted octanol–water partition coefficient (Wildman–Crippen LogP) is 3.60. The Labute approximate surface area is 250 Å². The number of halogens is 1. The van der Waals surface area contributed by atoms with Gasteiger partial charge in [0, 0.05) is 24.4 Å². The maximum absolute atomic E-state index is 13.0. The van der Waals surface area contributed by atoms with Crippen molar-refractivity contribution in [2.45, 2.75) is 29.2 Å². The molecule has 0 aliphatic heterocycles. The molecule has 2 heterocycles. The highest BCUT2D eigenvalue weighted by atomic mass is 32.2. The summed E-state index contributed by atoms with van der Waals surface area (Å²) in [5, 5.41) is 17.8. The molecule has 1 amide bonds. The van der Waals surface area contributed by atoms with Crippen molar-refractivity contribution in [1.29, 1.82) is 0 Å². The van der Waals surface area contributed by atoms with Crippen molar-refractivity contribution in [2.75, 3.05) is 19.8 Å². The quantitative estimate of drug-likeness (QED) is 0.116. The number of sulfone groups is 1. The maximum Gasteiger partial charge on any atom is 0.414 e. The van der Waals surface area contributed by atoms with Crippen molar-refractivity contribution in [3.8, 4) is 11.6 Å². The zero-order valence-electron chi connectivity index (χ0n) is 23.1. The van der Waals surface area contributed by atoms with Crippen molar-refractivity contribution in [3.05, 3.63) is 111 Å². The summed E-state index contributed by atoms with van der Waals surface area (Å²) >= 11 is 0. The molecule has 1 N–H and O–H groups in total. The largest absolute Gasteiger partial charge is 0.493 e. The molecule has 44 heavy (non-hydrogen) atoms. The van der Waals surface area contributed by atoms with E-state index >= 15 is 0 Å². The first-order chi connectivity index (χ1) is 21.2. The van der Waals surface area contributed by atoms with Gasteiger partial charge < -0.3 is 24.4 Å². The normalized spacial score (nSPS) is 11.4. The Kier molecular flexibility index (Phi) is 9.19. The molecule has 2 aromatic heterocycles. The molecule has 0 unspecified atom stereocenters. The van der Waals surface area contributed by atoms with Crippen LogP contribution in [0.4, 0.5) is 4.39 Å². The molecule has 0 spiro atoms. The number of hydrogen-bond donors (Lipinski definition) is 1. The summed E-state index contributed by atoms with van der Waals surface area (Å²) in [4.78, 5) is 24.7. The van der Waals surface area contributed by atoms with Gasteiger partial charge in [0.25, 0.3) is 15.7 Å². The molecule has 0 radical (unpaired) electrons. The number of ether oxygens (including phenoxy) is 2. The standard InChI is InChI=1S/C30H26FN3O9S/c31-22-12-9-20(10-13-22)6-4-15-32-27(35)25-18-21-11-14-23(19-26(21)42-30(25)36)40-16-5-17-41-28-29(34(37)43-33-28)44(38,39)24-7-2-1-3-8-24/h1-3,7-14,18-19H,4-6,15-17H2,(H,32,35). The van der Waals surface area contributed by atoms with Crippen molar-refractivity contribution >= 4 is 26.7 Å². The molecule has 0 bridgehead atoms. The number of hydrogen-bond acceptors (Lipinski definition) is 10. The highest BCUT2D eigenvalue weighted by Gasteiger charge is 2.35. The number of carbonyl (C=O) groups is 1. The lowest BCUT2D eigenvalue weighted by atomic mass is 10.1. The zero-order valence-corrected chi connectivity index (χ0v) is 23.9. The number of rotatable bonds is 13. The van der Waals surface area contributed by atoms with E-state index < -0.39 is 32.3 Å². The van der Waals surface area contributed by atoms with Crippen LogP contribution in [-0.4, -0.2) is 39.2 Å². The molecule has 0 aliphatic carbocycles. The number of amides is 1. The van der Waals surface area contributed by atoms with Crippen LogP contribution in [0.25, 0.3) is 11.0 Å². The second kappa shape index (κ2) is 13.4. The molecule has 0 fully saturated rings.